The van der Waals surface area contributed by atoms with Crippen LogP contribution in [0.4, 0.5) is 0 Å². The van der Waals surface area contributed by atoms with E-state index in [1.165, 1.54) is 12.0 Å². The third kappa shape index (κ3) is 4.32. The van der Waals surface area contributed by atoms with Crippen LogP contribution in [0, 0.1) is 0 Å². The second-order valence-electron chi connectivity index (χ2n) is 7.04. The Kier molecular flexibility index (Phi) is 5.22. The molecule has 2 N–H and O–H groups in total. The number of hydrogen-bond acceptors (Lipinski definition) is 2. The highest BCUT2D eigenvalue weighted by molar-refractivity contribution is 5.23. The van der Waals surface area contributed by atoms with Crippen LogP contribution in [0.1, 0.15) is 58.4 Å². The highest BCUT2D eigenvalue weighted by Crippen LogP contribution is 2.29. The Morgan fingerprint density at radius 3 is 2.60 bits per heavy atom. The molecule has 1 aromatic rings. The minimum absolute atomic E-state index is 0.101. The van der Waals surface area contributed by atoms with E-state index in [4.69, 9.17) is 0 Å². The summed E-state index contributed by atoms with van der Waals surface area (Å²) in [6.45, 7) is 6.90. The van der Waals surface area contributed by atoms with Gasteiger partial charge in [-0.2, -0.15) is 0 Å². The lowest BCUT2D eigenvalue weighted by atomic mass is 9.79. The Morgan fingerprint density at radius 2 is 1.95 bits per heavy atom. The Balaban J connectivity index is 1.88. The molecule has 0 radical (unpaired) electrons. The van der Waals surface area contributed by atoms with E-state index < -0.39 is 0 Å². The Bertz CT molecular complexity index is 401. The molecule has 0 heterocycles. The van der Waals surface area contributed by atoms with E-state index in [9.17, 15) is 5.11 Å². The molecule has 112 valence electrons. The lowest BCUT2D eigenvalue weighted by molar-refractivity contribution is 0.108. The van der Waals surface area contributed by atoms with Crippen molar-refractivity contribution in [2.24, 2.45) is 0 Å². The van der Waals surface area contributed by atoms with Crippen LogP contribution in [0.3, 0.4) is 0 Å². The molecule has 2 nitrogen and oxygen atoms in total. The van der Waals surface area contributed by atoms with E-state index in [1.807, 2.05) is 0 Å². The zero-order chi connectivity index (χ0) is 14.6. The maximum Gasteiger partial charge on any atom is 0.0555 e. The monoisotopic (exact) mass is 275 g/mol. The van der Waals surface area contributed by atoms with Crippen molar-refractivity contribution in [2.45, 2.75) is 76.5 Å². The van der Waals surface area contributed by atoms with Crippen LogP contribution in [0.15, 0.2) is 30.3 Å². The quantitative estimate of drug-likeness (QED) is 0.860. The molecule has 1 fully saturated rings. The maximum atomic E-state index is 9.76. The molecule has 0 aliphatic heterocycles. The van der Waals surface area contributed by atoms with Gasteiger partial charge in [0.1, 0.15) is 0 Å². The molecular formula is C18H29NO. The van der Waals surface area contributed by atoms with Crippen molar-refractivity contribution in [1.82, 2.24) is 5.32 Å². The van der Waals surface area contributed by atoms with Gasteiger partial charge in [-0.05, 0) is 50.0 Å². The fourth-order valence-electron chi connectivity index (χ4n) is 3.55. The average molecular weight is 275 g/mol. The van der Waals surface area contributed by atoms with Crippen molar-refractivity contribution in [3.05, 3.63) is 35.9 Å². The number of nitrogens with one attached hydrogen (secondary N) is 1. The van der Waals surface area contributed by atoms with Gasteiger partial charge in [0, 0.05) is 12.1 Å². The molecule has 1 aliphatic carbocycles. The molecule has 20 heavy (non-hydrogen) atoms. The molecule has 1 aliphatic rings. The molecule has 3 unspecified atom stereocenters. The lowest BCUT2D eigenvalue weighted by Gasteiger charge is -2.34. The standard InChI is InChI=1S/C18H29NO/c1-14(19-16-10-7-11-17(20)12-16)13-18(2,3)15-8-5-4-6-9-15/h4-6,8-9,14,16-17,19-20H,7,10-13H2,1-3H3. The third-order valence-electron chi connectivity index (χ3n) is 4.54. The Hall–Kier alpha value is -0.860. The minimum atomic E-state index is -0.101. The lowest BCUT2D eigenvalue weighted by Crippen LogP contribution is -2.43. The fraction of sp³-hybridized carbons (Fsp3) is 0.667. The van der Waals surface area contributed by atoms with Gasteiger partial charge in [0.2, 0.25) is 0 Å². The summed E-state index contributed by atoms with van der Waals surface area (Å²) < 4.78 is 0. The topological polar surface area (TPSA) is 32.3 Å². The van der Waals surface area contributed by atoms with Crippen molar-refractivity contribution in [2.75, 3.05) is 0 Å². The molecule has 0 amide bonds. The molecule has 0 spiro atoms. The molecule has 2 heteroatoms. The number of rotatable bonds is 5. The van der Waals surface area contributed by atoms with Gasteiger partial charge in [-0.25, -0.2) is 0 Å². The molecule has 0 saturated heterocycles. The van der Waals surface area contributed by atoms with Crippen molar-refractivity contribution >= 4 is 0 Å². The zero-order valence-corrected chi connectivity index (χ0v) is 13.1. The summed E-state index contributed by atoms with van der Waals surface area (Å²) >= 11 is 0. The highest BCUT2D eigenvalue weighted by Gasteiger charge is 2.26. The summed E-state index contributed by atoms with van der Waals surface area (Å²) in [6.07, 6.45) is 5.25. The molecule has 0 aromatic heterocycles. The van der Waals surface area contributed by atoms with Gasteiger partial charge in [-0.15, -0.1) is 0 Å². The molecular weight excluding hydrogens is 246 g/mol. The first-order valence-electron chi connectivity index (χ1n) is 7.97. The van der Waals surface area contributed by atoms with Gasteiger partial charge in [0.25, 0.3) is 0 Å². The minimum Gasteiger partial charge on any atom is -0.393 e. The molecule has 3 atom stereocenters. The van der Waals surface area contributed by atoms with E-state index in [2.05, 4.69) is 56.4 Å². The van der Waals surface area contributed by atoms with E-state index in [0.717, 1.165) is 25.7 Å². The van der Waals surface area contributed by atoms with E-state index in [0.29, 0.717) is 12.1 Å². The predicted octanol–water partition coefficient (Wildman–Crippen LogP) is 3.64. The van der Waals surface area contributed by atoms with E-state index in [1.54, 1.807) is 0 Å². The normalized spacial score (nSPS) is 25.4. The van der Waals surface area contributed by atoms with Crippen molar-refractivity contribution in [1.29, 1.82) is 0 Å². The summed E-state index contributed by atoms with van der Waals surface area (Å²) in [4.78, 5) is 0. The first-order valence-corrected chi connectivity index (χ1v) is 7.97. The number of aliphatic hydroxyl groups excluding tert-OH is 1. The summed E-state index contributed by atoms with van der Waals surface area (Å²) in [5.41, 5.74) is 1.58. The van der Waals surface area contributed by atoms with Crippen LogP contribution in [0.25, 0.3) is 0 Å². The van der Waals surface area contributed by atoms with E-state index >= 15 is 0 Å². The Labute approximate surface area is 123 Å². The van der Waals surface area contributed by atoms with Crippen LogP contribution in [0.2, 0.25) is 0 Å². The van der Waals surface area contributed by atoms with Crippen molar-refractivity contribution in [3.8, 4) is 0 Å². The summed E-state index contributed by atoms with van der Waals surface area (Å²) in [6, 6.07) is 11.7. The largest absolute Gasteiger partial charge is 0.393 e. The highest BCUT2D eigenvalue weighted by atomic mass is 16.3. The smallest absolute Gasteiger partial charge is 0.0555 e. The molecule has 1 saturated carbocycles. The van der Waals surface area contributed by atoms with Crippen LogP contribution in [-0.4, -0.2) is 23.3 Å². The maximum absolute atomic E-state index is 9.76. The SMILES string of the molecule is CC(CC(C)(C)c1ccccc1)NC1CCCC(O)C1. The summed E-state index contributed by atoms with van der Waals surface area (Å²) in [5.74, 6) is 0. The second kappa shape index (κ2) is 6.73. The Morgan fingerprint density at radius 1 is 1.25 bits per heavy atom. The zero-order valence-electron chi connectivity index (χ0n) is 13.1. The predicted molar refractivity (Wildman–Crippen MR) is 84.9 cm³/mol. The first kappa shape index (κ1) is 15.5. The fourth-order valence-corrected chi connectivity index (χ4v) is 3.55. The first-order chi connectivity index (χ1) is 9.47. The second-order valence-corrected chi connectivity index (χ2v) is 7.04. The van der Waals surface area contributed by atoms with Gasteiger partial charge in [0.15, 0.2) is 0 Å². The summed E-state index contributed by atoms with van der Waals surface area (Å²) in [5, 5.41) is 13.5. The number of aliphatic hydroxyl groups is 1. The van der Waals surface area contributed by atoms with Crippen LogP contribution < -0.4 is 5.32 Å². The van der Waals surface area contributed by atoms with Gasteiger partial charge < -0.3 is 10.4 Å². The summed E-state index contributed by atoms with van der Waals surface area (Å²) in [7, 11) is 0. The van der Waals surface area contributed by atoms with Crippen LogP contribution in [-0.2, 0) is 5.41 Å². The molecule has 0 bridgehead atoms. The molecule has 1 aromatic carbocycles. The number of hydrogen-bond donors (Lipinski definition) is 2. The van der Waals surface area contributed by atoms with Gasteiger partial charge in [0.05, 0.1) is 6.10 Å². The van der Waals surface area contributed by atoms with Gasteiger partial charge >= 0.3 is 0 Å². The van der Waals surface area contributed by atoms with Crippen LogP contribution in [0.5, 0.6) is 0 Å². The van der Waals surface area contributed by atoms with E-state index in [-0.39, 0.29) is 11.5 Å². The molecule has 2 rings (SSSR count). The average Bonchev–Trinajstić information content (AvgIpc) is 2.39. The van der Waals surface area contributed by atoms with Crippen molar-refractivity contribution in [3.63, 3.8) is 0 Å². The van der Waals surface area contributed by atoms with Crippen LogP contribution >= 0.6 is 0 Å². The van der Waals surface area contributed by atoms with Gasteiger partial charge in [-0.3, -0.25) is 0 Å². The van der Waals surface area contributed by atoms with Crippen molar-refractivity contribution < 1.29 is 5.11 Å². The van der Waals surface area contributed by atoms with Gasteiger partial charge in [-0.1, -0.05) is 44.2 Å². The third-order valence-corrected chi connectivity index (χ3v) is 4.54. The number of benzene rings is 1.